The van der Waals surface area contributed by atoms with E-state index in [4.69, 9.17) is 9.73 Å². The zero-order valence-corrected chi connectivity index (χ0v) is 20.4. The predicted octanol–water partition coefficient (Wildman–Crippen LogP) is 3.53. The second-order valence-electron chi connectivity index (χ2n) is 7.05. The summed E-state index contributed by atoms with van der Waals surface area (Å²) in [7, 11) is 0. The number of nitrogens with zero attached hydrogens (tertiary/aromatic N) is 3. The molecule has 1 aliphatic heterocycles. The Morgan fingerprint density at radius 1 is 1.28 bits per heavy atom. The van der Waals surface area contributed by atoms with Crippen molar-refractivity contribution in [3.8, 4) is 0 Å². The Hall–Kier alpha value is -1.39. The van der Waals surface area contributed by atoms with E-state index in [1.165, 1.54) is 4.88 Å². The molecule has 1 atom stereocenters. The largest absolute Gasteiger partial charge is 0.378 e. The molecule has 0 aromatic carbocycles. The molecule has 0 saturated carbocycles. The number of rotatable bonds is 8. The van der Waals surface area contributed by atoms with Gasteiger partial charge in [0.15, 0.2) is 5.96 Å². The van der Waals surface area contributed by atoms with Crippen LogP contribution in [0, 0.1) is 5.92 Å². The molecule has 0 aliphatic carbocycles. The summed E-state index contributed by atoms with van der Waals surface area (Å²) in [6, 6.07) is 8.42. The number of nitrogens with one attached hydrogen (secondary N) is 2. The van der Waals surface area contributed by atoms with Gasteiger partial charge in [-0.05, 0) is 36.8 Å². The van der Waals surface area contributed by atoms with Gasteiger partial charge in [0.25, 0.3) is 0 Å². The Labute approximate surface area is 195 Å². The van der Waals surface area contributed by atoms with Crippen LogP contribution in [0.5, 0.6) is 0 Å². The zero-order chi connectivity index (χ0) is 19.6. The molecule has 8 heteroatoms. The molecule has 0 radical (unpaired) electrons. The van der Waals surface area contributed by atoms with Crippen molar-refractivity contribution in [1.82, 2.24) is 15.6 Å². The molecule has 0 bridgehead atoms. The predicted molar refractivity (Wildman–Crippen MR) is 133 cm³/mol. The molecule has 2 N–H and O–H groups in total. The number of aliphatic imine (C=N–C) groups is 1. The smallest absolute Gasteiger partial charge is 0.191 e. The monoisotopic (exact) mass is 529 g/mol. The molecule has 1 aliphatic rings. The number of hydrogen-bond acceptors (Lipinski definition) is 5. The van der Waals surface area contributed by atoms with Crippen LogP contribution in [0.3, 0.4) is 0 Å². The lowest BCUT2D eigenvalue weighted by molar-refractivity contribution is 0.122. The Balaban J connectivity index is 0.00000300. The number of thiophene rings is 1. The van der Waals surface area contributed by atoms with E-state index in [-0.39, 0.29) is 24.0 Å². The van der Waals surface area contributed by atoms with Crippen LogP contribution in [0.1, 0.15) is 24.3 Å². The molecule has 1 fully saturated rings. The van der Waals surface area contributed by atoms with E-state index < -0.39 is 0 Å². The number of halogens is 1. The van der Waals surface area contributed by atoms with Crippen LogP contribution in [-0.4, -0.2) is 50.3 Å². The molecular formula is C21H32IN5OS. The fourth-order valence-corrected chi connectivity index (χ4v) is 4.10. The van der Waals surface area contributed by atoms with Crippen molar-refractivity contribution in [1.29, 1.82) is 0 Å². The van der Waals surface area contributed by atoms with Crippen LogP contribution in [0.2, 0.25) is 0 Å². The topological polar surface area (TPSA) is 61.8 Å². The lowest BCUT2D eigenvalue weighted by atomic mass is 10.1. The molecule has 160 valence electrons. The number of aromatic nitrogens is 1. The first kappa shape index (κ1) is 23.9. The van der Waals surface area contributed by atoms with E-state index in [1.807, 2.05) is 23.6 Å². The SMILES string of the molecule is CCNC(=NCc1cccnc1N1CCOCC1)NCC(C)Cc1cccs1.I. The molecule has 1 saturated heterocycles. The summed E-state index contributed by atoms with van der Waals surface area (Å²) in [4.78, 5) is 13.1. The molecule has 3 rings (SSSR count). The number of ether oxygens (including phenoxy) is 1. The summed E-state index contributed by atoms with van der Waals surface area (Å²) < 4.78 is 5.47. The number of pyridine rings is 1. The van der Waals surface area contributed by atoms with Crippen LogP contribution in [-0.2, 0) is 17.7 Å². The Morgan fingerprint density at radius 2 is 2.10 bits per heavy atom. The first-order valence-corrected chi connectivity index (χ1v) is 11.0. The van der Waals surface area contributed by atoms with Crippen LogP contribution in [0.25, 0.3) is 0 Å². The van der Waals surface area contributed by atoms with Crippen molar-refractivity contribution in [2.24, 2.45) is 10.9 Å². The molecule has 1 unspecified atom stereocenters. The summed E-state index contributed by atoms with van der Waals surface area (Å²) in [6.45, 7) is 9.98. The lowest BCUT2D eigenvalue weighted by Gasteiger charge is -2.29. The minimum absolute atomic E-state index is 0. The molecule has 2 aromatic rings. The minimum atomic E-state index is 0. The van der Waals surface area contributed by atoms with Crippen LogP contribution < -0.4 is 15.5 Å². The van der Waals surface area contributed by atoms with Gasteiger partial charge in [-0.15, -0.1) is 35.3 Å². The standard InChI is InChI=1S/C21H31N5OS.HI/c1-3-22-21(24-15-17(2)14-19-7-5-13-28-19)25-16-18-6-4-8-23-20(18)26-9-11-27-12-10-26;/h4-8,13,17H,3,9-12,14-16H2,1-2H3,(H2,22,24,25);1H. The first-order valence-electron chi connectivity index (χ1n) is 10.1. The van der Waals surface area contributed by atoms with Gasteiger partial charge >= 0.3 is 0 Å². The number of hydrogen-bond donors (Lipinski definition) is 2. The number of anilines is 1. The fraction of sp³-hybridized carbons (Fsp3) is 0.524. The van der Waals surface area contributed by atoms with Gasteiger partial charge in [0.1, 0.15) is 5.82 Å². The maximum atomic E-state index is 5.47. The van der Waals surface area contributed by atoms with Crippen LogP contribution >= 0.6 is 35.3 Å². The summed E-state index contributed by atoms with van der Waals surface area (Å²) in [6.07, 6.45) is 2.95. The highest BCUT2D eigenvalue weighted by Gasteiger charge is 2.15. The van der Waals surface area contributed by atoms with Gasteiger partial charge in [0.05, 0.1) is 19.8 Å². The third kappa shape index (κ3) is 7.75. The molecule has 3 heterocycles. The quantitative estimate of drug-likeness (QED) is 0.311. The van der Waals surface area contributed by atoms with E-state index in [0.717, 1.165) is 63.2 Å². The average Bonchev–Trinajstić information content (AvgIpc) is 3.24. The molecule has 6 nitrogen and oxygen atoms in total. The molecule has 0 spiro atoms. The summed E-state index contributed by atoms with van der Waals surface area (Å²) >= 11 is 1.82. The van der Waals surface area contributed by atoms with E-state index >= 15 is 0 Å². The van der Waals surface area contributed by atoms with Crippen molar-refractivity contribution in [2.75, 3.05) is 44.3 Å². The van der Waals surface area contributed by atoms with Gasteiger partial charge in [0.2, 0.25) is 0 Å². The van der Waals surface area contributed by atoms with Gasteiger partial charge < -0.3 is 20.3 Å². The molecule has 0 amide bonds. The van der Waals surface area contributed by atoms with Crippen LogP contribution in [0.4, 0.5) is 5.82 Å². The Bertz CT molecular complexity index is 734. The van der Waals surface area contributed by atoms with E-state index in [2.05, 4.69) is 57.9 Å². The highest BCUT2D eigenvalue weighted by atomic mass is 127. The summed E-state index contributed by atoms with van der Waals surface area (Å²) in [5.41, 5.74) is 1.15. The highest BCUT2D eigenvalue weighted by molar-refractivity contribution is 14.0. The average molecular weight is 529 g/mol. The third-order valence-corrected chi connectivity index (χ3v) is 5.58. The second kappa shape index (κ2) is 13.0. The lowest BCUT2D eigenvalue weighted by Crippen LogP contribution is -2.40. The molecule has 29 heavy (non-hydrogen) atoms. The van der Waals surface area contributed by atoms with E-state index in [1.54, 1.807) is 0 Å². The molecule has 2 aromatic heterocycles. The maximum Gasteiger partial charge on any atom is 0.191 e. The normalized spacial score (nSPS) is 15.5. The minimum Gasteiger partial charge on any atom is -0.378 e. The van der Waals surface area contributed by atoms with Gasteiger partial charge in [-0.1, -0.05) is 19.1 Å². The van der Waals surface area contributed by atoms with Gasteiger partial charge in [-0.25, -0.2) is 9.98 Å². The van der Waals surface area contributed by atoms with E-state index in [9.17, 15) is 0 Å². The summed E-state index contributed by atoms with van der Waals surface area (Å²) in [5, 5.41) is 8.99. The van der Waals surface area contributed by atoms with Gasteiger partial charge in [0, 0.05) is 42.8 Å². The Kier molecular flexibility index (Phi) is 10.7. The maximum absolute atomic E-state index is 5.47. The number of guanidine groups is 1. The van der Waals surface area contributed by atoms with Crippen molar-refractivity contribution < 1.29 is 4.74 Å². The second-order valence-corrected chi connectivity index (χ2v) is 8.08. The zero-order valence-electron chi connectivity index (χ0n) is 17.3. The Morgan fingerprint density at radius 3 is 2.83 bits per heavy atom. The van der Waals surface area contributed by atoms with Gasteiger partial charge in [-0.2, -0.15) is 0 Å². The highest BCUT2D eigenvalue weighted by Crippen LogP contribution is 2.19. The van der Waals surface area contributed by atoms with E-state index in [0.29, 0.717) is 12.5 Å². The first-order chi connectivity index (χ1) is 13.8. The number of morpholine rings is 1. The fourth-order valence-electron chi connectivity index (χ4n) is 3.23. The summed E-state index contributed by atoms with van der Waals surface area (Å²) in [5.74, 6) is 2.43. The van der Waals surface area contributed by atoms with Crippen molar-refractivity contribution >= 4 is 47.1 Å². The van der Waals surface area contributed by atoms with Crippen molar-refractivity contribution in [2.45, 2.75) is 26.8 Å². The van der Waals surface area contributed by atoms with Crippen LogP contribution in [0.15, 0.2) is 40.8 Å². The van der Waals surface area contributed by atoms with Crippen molar-refractivity contribution in [3.63, 3.8) is 0 Å². The van der Waals surface area contributed by atoms with Gasteiger partial charge in [-0.3, -0.25) is 0 Å². The van der Waals surface area contributed by atoms with Crippen molar-refractivity contribution in [3.05, 3.63) is 46.3 Å². The molecular weight excluding hydrogens is 497 g/mol. The third-order valence-electron chi connectivity index (χ3n) is 4.68.